The molecule has 1 aliphatic heterocycles. The Hall–Kier alpha value is -1.97. The van der Waals surface area contributed by atoms with Gasteiger partial charge in [-0.15, -0.1) is 0 Å². The summed E-state index contributed by atoms with van der Waals surface area (Å²) in [5.74, 6) is 2.21. The molecule has 2 aromatic rings. The summed E-state index contributed by atoms with van der Waals surface area (Å²) in [6.45, 7) is 2.26. The van der Waals surface area contributed by atoms with Crippen molar-refractivity contribution in [1.82, 2.24) is 24.5 Å². The summed E-state index contributed by atoms with van der Waals surface area (Å²) < 4.78 is 2.28. The molecule has 182 valence electrons. The zero-order valence-electron chi connectivity index (χ0n) is 19.8. The highest BCUT2D eigenvalue weighted by atomic mass is 16.2. The molecule has 33 heavy (non-hydrogen) atoms. The monoisotopic (exact) mass is 456 g/mol. The molecule has 5 rings (SSSR count). The van der Waals surface area contributed by atoms with Gasteiger partial charge < -0.3 is 26.1 Å². The van der Waals surface area contributed by atoms with Gasteiger partial charge in [0.2, 0.25) is 5.95 Å². The van der Waals surface area contributed by atoms with E-state index in [4.69, 9.17) is 25.8 Å². The fourth-order valence-electron chi connectivity index (χ4n) is 5.82. The van der Waals surface area contributed by atoms with E-state index in [2.05, 4.69) is 20.3 Å². The van der Waals surface area contributed by atoms with Crippen LogP contribution in [0.1, 0.15) is 83.1 Å². The summed E-state index contributed by atoms with van der Waals surface area (Å²) in [6, 6.07) is 1.19. The van der Waals surface area contributed by atoms with Crippen molar-refractivity contribution in [3.05, 3.63) is 6.33 Å². The van der Waals surface area contributed by atoms with Crippen molar-refractivity contribution in [3.8, 4) is 0 Å². The molecule has 0 radical (unpaired) electrons. The molecule has 0 amide bonds. The predicted molar refractivity (Wildman–Crippen MR) is 131 cm³/mol. The molecule has 3 aliphatic rings. The van der Waals surface area contributed by atoms with Crippen LogP contribution < -0.4 is 16.5 Å². The molecule has 5 N–H and O–H groups in total. The van der Waals surface area contributed by atoms with Gasteiger partial charge in [-0.1, -0.05) is 12.8 Å². The third-order valence-electron chi connectivity index (χ3n) is 7.89. The van der Waals surface area contributed by atoms with E-state index in [9.17, 15) is 0 Å². The molecule has 0 bridgehead atoms. The molecule has 2 aromatic heterocycles. The number of imidazole rings is 1. The molecule has 9 heteroatoms. The number of aliphatic hydroxyl groups is 1. The average Bonchev–Trinajstić information content (AvgIpc) is 3.50. The number of hydrazine groups is 1. The highest BCUT2D eigenvalue weighted by Gasteiger charge is 2.25. The fourth-order valence-corrected chi connectivity index (χ4v) is 5.82. The average molecular weight is 457 g/mol. The van der Waals surface area contributed by atoms with E-state index in [1.807, 2.05) is 6.33 Å². The van der Waals surface area contributed by atoms with Crippen molar-refractivity contribution in [2.45, 2.75) is 95.2 Å². The standard InChI is InChI=1S/C24H40N8O/c25-18-7-9-19(10-8-18)27-24-28-22(30-31-13-11-17(12-14-31)4-3-15-33)21-23(29-24)32(16-26-21)20-5-1-2-6-20/h16-20,33H,1-15,25H2,(H2,27,28,29,30)/t18-,19-. The topological polar surface area (TPSA) is 117 Å². The van der Waals surface area contributed by atoms with Crippen molar-refractivity contribution in [2.75, 3.05) is 30.4 Å². The Morgan fingerprint density at radius 1 is 1.00 bits per heavy atom. The molecule has 2 saturated carbocycles. The number of hydrogen-bond donors (Lipinski definition) is 4. The minimum atomic E-state index is 0.295. The second kappa shape index (κ2) is 10.5. The van der Waals surface area contributed by atoms with Crippen LogP contribution in [-0.2, 0) is 0 Å². The summed E-state index contributed by atoms with van der Waals surface area (Å²) in [4.78, 5) is 14.6. The number of fused-ring (bicyclic) bond motifs is 1. The SMILES string of the molecule is N[C@H]1CC[C@H](Nc2nc(NN3CCC(CCCO)CC3)c3ncn(C4CCCC4)c3n2)CC1. The van der Waals surface area contributed by atoms with Crippen molar-refractivity contribution >= 4 is 22.9 Å². The second-order valence-corrected chi connectivity index (χ2v) is 10.3. The summed E-state index contributed by atoms with van der Waals surface area (Å²) >= 11 is 0. The third-order valence-corrected chi connectivity index (χ3v) is 7.89. The molecule has 0 spiro atoms. The molecule has 2 aliphatic carbocycles. The van der Waals surface area contributed by atoms with E-state index in [1.165, 1.54) is 25.7 Å². The third kappa shape index (κ3) is 5.41. The van der Waals surface area contributed by atoms with Gasteiger partial charge in [-0.25, -0.2) is 9.99 Å². The van der Waals surface area contributed by atoms with Gasteiger partial charge in [0.1, 0.15) is 0 Å². The van der Waals surface area contributed by atoms with Crippen LogP contribution in [0.3, 0.4) is 0 Å². The van der Waals surface area contributed by atoms with Gasteiger partial charge in [0.05, 0.1) is 6.33 Å². The fraction of sp³-hybridized carbons (Fsp3) is 0.792. The number of nitrogens with one attached hydrogen (secondary N) is 2. The zero-order valence-corrected chi connectivity index (χ0v) is 19.8. The zero-order chi connectivity index (χ0) is 22.6. The van der Waals surface area contributed by atoms with Gasteiger partial charge in [0.25, 0.3) is 0 Å². The lowest BCUT2D eigenvalue weighted by molar-refractivity contribution is 0.195. The minimum absolute atomic E-state index is 0.295. The van der Waals surface area contributed by atoms with Crippen LogP contribution in [0.2, 0.25) is 0 Å². The Bertz CT molecular complexity index is 895. The molecule has 0 aromatic carbocycles. The van der Waals surface area contributed by atoms with Crippen LogP contribution in [0.15, 0.2) is 6.33 Å². The van der Waals surface area contributed by atoms with Gasteiger partial charge in [0.15, 0.2) is 17.0 Å². The van der Waals surface area contributed by atoms with E-state index in [1.54, 1.807) is 0 Å². The van der Waals surface area contributed by atoms with Crippen LogP contribution in [-0.4, -0.2) is 61.4 Å². The number of anilines is 2. The summed E-state index contributed by atoms with van der Waals surface area (Å²) in [6.07, 6.45) is 15.5. The van der Waals surface area contributed by atoms with Crippen molar-refractivity contribution in [3.63, 3.8) is 0 Å². The van der Waals surface area contributed by atoms with Crippen molar-refractivity contribution in [1.29, 1.82) is 0 Å². The molecule has 0 unspecified atom stereocenters. The highest BCUT2D eigenvalue weighted by molar-refractivity contribution is 5.84. The lowest BCUT2D eigenvalue weighted by atomic mass is 9.92. The number of hydrogen-bond acceptors (Lipinski definition) is 8. The molecular weight excluding hydrogens is 416 g/mol. The first-order valence-corrected chi connectivity index (χ1v) is 13.1. The largest absolute Gasteiger partial charge is 0.396 e. The van der Waals surface area contributed by atoms with Crippen LogP contribution >= 0.6 is 0 Å². The maximum Gasteiger partial charge on any atom is 0.227 e. The van der Waals surface area contributed by atoms with E-state index in [0.717, 1.165) is 81.4 Å². The number of aromatic nitrogens is 4. The molecule has 3 fully saturated rings. The number of rotatable bonds is 8. The lowest BCUT2D eigenvalue weighted by Crippen LogP contribution is -2.38. The van der Waals surface area contributed by atoms with E-state index >= 15 is 0 Å². The van der Waals surface area contributed by atoms with E-state index in [0.29, 0.717) is 36.6 Å². The minimum Gasteiger partial charge on any atom is -0.396 e. The second-order valence-electron chi connectivity index (χ2n) is 10.3. The van der Waals surface area contributed by atoms with Gasteiger partial charge in [-0.2, -0.15) is 9.97 Å². The number of nitrogens with two attached hydrogens (primary N) is 1. The first-order chi connectivity index (χ1) is 16.2. The van der Waals surface area contributed by atoms with E-state index in [-0.39, 0.29) is 0 Å². The molecule has 9 nitrogen and oxygen atoms in total. The van der Waals surface area contributed by atoms with Crippen LogP contribution in [0.25, 0.3) is 11.2 Å². The van der Waals surface area contributed by atoms with Crippen molar-refractivity contribution in [2.24, 2.45) is 11.7 Å². The quantitative estimate of drug-likeness (QED) is 0.477. The van der Waals surface area contributed by atoms with E-state index < -0.39 is 0 Å². The molecule has 0 atom stereocenters. The van der Waals surface area contributed by atoms with Gasteiger partial charge >= 0.3 is 0 Å². The Morgan fingerprint density at radius 2 is 1.76 bits per heavy atom. The number of piperidine rings is 1. The lowest BCUT2D eigenvalue weighted by Gasteiger charge is -2.32. The van der Waals surface area contributed by atoms with Crippen LogP contribution in [0.5, 0.6) is 0 Å². The smallest absolute Gasteiger partial charge is 0.227 e. The predicted octanol–water partition coefficient (Wildman–Crippen LogP) is 3.43. The summed E-state index contributed by atoms with van der Waals surface area (Å²) in [5, 5.41) is 15.0. The van der Waals surface area contributed by atoms with Gasteiger partial charge in [-0.3, -0.25) is 0 Å². The Labute approximate surface area is 196 Å². The molecule has 1 saturated heterocycles. The normalized spacial score (nSPS) is 25.6. The maximum atomic E-state index is 9.12. The maximum absolute atomic E-state index is 9.12. The summed E-state index contributed by atoms with van der Waals surface area (Å²) in [5.41, 5.74) is 11.5. The first kappa shape index (κ1) is 22.8. The highest BCUT2D eigenvalue weighted by Crippen LogP contribution is 2.33. The van der Waals surface area contributed by atoms with Crippen molar-refractivity contribution < 1.29 is 5.11 Å². The molecular formula is C24H40N8O. The number of nitrogens with zero attached hydrogens (tertiary/aromatic N) is 5. The Morgan fingerprint density at radius 3 is 2.48 bits per heavy atom. The molecule has 3 heterocycles. The first-order valence-electron chi connectivity index (χ1n) is 13.1. The number of aliphatic hydroxyl groups excluding tert-OH is 1. The van der Waals surface area contributed by atoms with Gasteiger partial charge in [-0.05, 0) is 70.1 Å². The van der Waals surface area contributed by atoms with Gasteiger partial charge in [0, 0.05) is 37.8 Å². The van der Waals surface area contributed by atoms with Crippen LogP contribution in [0, 0.1) is 5.92 Å². The Kier molecular flexibility index (Phi) is 7.27. The Balaban J connectivity index is 1.35. The summed E-state index contributed by atoms with van der Waals surface area (Å²) in [7, 11) is 0. The van der Waals surface area contributed by atoms with Crippen LogP contribution in [0.4, 0.5) is 11.8 Å².